The molecule has 0 radical (unpaired) electrons. The van der Waals surface area contributed by atoms with Gasteiger partial charge in [0, 0.05) is 68.8 Å². The summed E-state index contributed by atoms with van der Waals surface area (Å²) in [7, 11) is 4.71. The summed E-state index contributed by atoms with van der Waals surface area (Å²) in [5, 5.41) is 29.3. The van der Waals surface area contributed by atoms with Crippen molar-refractivity contribution in [2.24, 2.45) is 11.3 Å². The first-order valence-electron chi connectivity index (χ1n) is 24.4. The Bertz CT molecular complexity index is 2610. The number of hydrogen-bond acceptors (Lipinski definition) is 12. The fraction of sp³-hybridized carbons (Fsp3) is 0.538. The zero-order valence-corrected chi connectivity index (χ0v) is 41.1. The van der Waals surface area contributed by atoms with Crippen molar-refractivity contribution in [3.8, 4) is 28.1 Å². The second-order valence-corrected chi connectivity index (χ2v) is 20.2. The van der Waals surface area contributed by atoms with Crippen LogP contribution in [0.5, 0.6) is 5.75 Å². The highest BCUT2D eigenvalue weighted by Gasteiger charge is 2.46. The Labute approximate surface area is 403 Å². The molecule has 7 atom stereocenters. The summed E-state index contributed by atoms with van der Waals surface area (Å²) in [5.41, 5.74) is 9.46. The molecule has 1 saturated carbocycles. The highest BCUT2D eigenvalue weighted by molar-refractivity contribution is 5.97. The number of aliphatic hydroxyl groups excluding tert-OH is 1. The number of carbonyl (C=O) groups excluding carboxylic acids is 5. The number of aromatic nitrogens is 2. The summed E-state index contributed by atoms with van der Waals surface area (Å²) < 4.78 is 14.2. The number of hydrogen-bond donors (Lipinski definition) is 5. The van der Waals surface area contributed by atoms with Crippen LogP contribution in [0.3, 0.4) is 0 Å². The van der Waals surface area contributed by atoms with E-state index in [4.69, 9.17) is 14.5 Å². The number of nitrogens with zero attached hydrogens (tertiary/aromatic N) is 5. The largest absolute Gasteiger partial charge is 0.508 e. The Hall–Kier alpha value is -5.88. The first kappa shape index (κ1) is 49.5. The number of likely N-dealkylation sites (N-methyl/N-ethyl adjacent to an activating group) is 2. The molecule has 17 nitrogen and oxygen atoms in total. The zero-order chi connectivity index (χ0) is 49.5. The number of nitrogens with one attached hydrogen (secondary N) is 3. The molecule has 2 aromatic carbocycles. The Kier molecular flexibility index (Phi) is 14.5. The van der Waals surface area contributed by atoms with Crippen molar-refractivity contribution >= 4 is 40.5 Å². The average Bonchev–Trinajstić information content (AvgIpc) is 3.68. The van der Waals surface area contributed by atoms with Gasteiger partial charge in [0.2, 0.25) is 17.7 Å². The molecule has 370 valence electrons. The van der Waals surface area contributed by atoms with E-state index in [0.717, 1.165) is 51.8 Å². The average molecular weight is 949 g/mol. The number of pyridine rings is 1. The Morgan fingerprint density at radius 3 is 2.45 bits per heavy atom. The number of aliphatic hydroxyl groups is 1. The molecular weight excluding hydrogens is 881 g/mol. The van der Waals surface area contributed by atoms with Gasteiger partial charge in [-0.1, -0.05) is 38.8 Å². The van der Waals surface area contributed by atoms with Crippen molar-refractivity contribution in [1.29, 1.82) is 0 Å². The predicted octanol–water partition coefficient (Wildman–Crippen LogP) is 4.61. The lowest BCUT2D eigenvalue weighted by Crippen LogP contribution is -2.62. The van der Waals surface area contributed by atoms with E-state index in [-0.39, 0.29) is 37.3 Å². The van der Waals surface area contributed by atoms with E-state index in [1.54, 1.807) is 39.4 Å². The molecule has 2 saturated heterocycles. The molecule has 69 heavy (non-hydrogen) atoms. The number of hydrazine groups is 1. The molecule has 4 aliphatic rings. The maximum Gasteiger partial charge on any atom is 0.324 e. The molecular formula is C52H68N8O9. The van der Waals surface area contributed by atoms with E-state index in [1.165, 1.54) is 21.9 Å². The lowest BCUT2D eigenvalue weighted by Gasteiger charge is -2.38. The molecule has 5 heterocycles. The monoisotopic (exact) mass is 949 g/mol. The van der Waals surface area contributed by atoms with Crippen LogP contribution in [0.25, 0.3) is 33.3 Å². The van der Waals surface area contributed by atoms with Gasteiger partial charge in [-0.2, -0.15) is 0 Å². The normalized spacial score (nSPS) is 23.1. The number of aromatic hydroxyl groups is 1. The van der Waals surface area contributed by atoms with Crippen molar-refractivity contribution < 1.29 is 43.7 Å². The van der Waals surface area contributed by atoms with E-state index in [2.05, 4.69) is 59.6 Å². The standard InChI is InChI=1S/C52H68N8O9/c1-9-59-41-19-18-33-26-37(41)38(45(59)36-16-12-20-53-42(36)30(3)68-8)27-52(4,5)28-69-51(67)39-17-13-21-60(56-39)49(65)40(24-31-22-34(33)25-35(61)23-31)54-47(63)44(32-14-10-11-15-32)58(7)48(64)29(2)57(6)50(66)43-46(62)55-43/h12,16,18-20,22-23,25-26,29-30,32,39-40,43-44,46,55-56,61-62H,9-11,13-15,17,21,24,27-28H2,1-8H3,(H,54,63)/t29-,30-,39-,40-,43+,44-,46+/m0/s1. The van der Waals surface area contributed by atoms with Gasteiger partial charge >= 0.3 is 5.97 Å². The number of carbonyl (C=O) groups is 5. The van der Waals surface area contributed by atoms with Gasteiger partial charge in [0.25, 0.3) is 5.91 Å². The number of rotatable bonds is 11. The fourth-order valence-corrected chi connectivity index (χ4v) is 10.6. The van der Waals surface area contributed by atoms with E-state index in [9.17, 15) is 34.2 Å². The second kappa shape index (κ2) is 20.2. The van der Waals surface area contributed by atoms with Crippen LogP contribution < -0.4 is 16.1 Å². The van der Waals surface area contributed by atoms with Gasteiger partial charge in [-0.3, -0.25) is 39.3 Å². The fourth-order valence-electron chi connectivity index (χ4n) is 10.6. The first-order chi connectivity index (χ1) is 32.9. The number of amides is 4. The number of methoxy groups -OCH3 is 1. The van der Waals surface area contributed by atoms with Crippen LogP contribution in [0.15, 0.2) is 54.7 Å². The minimum absolute atomic E-state index is 0.0223. The summed E-state index contributed by atoms with van der Waals surface area (Å²) in [6.45, 7) is 10.8. The van der Waals surface area contributed by atoms with Crippen LogP contribution in [-0.2, 0) is 52.8 Å². The van der Waals surface area contributed by atoms with Gasteiger partial charge in [0.1, 0.15) is 42.2 Å². The molecule has 3 fully saturated rings. The summed E-state index contributed by atoms with van der Waals surface area (Å²) in [6.07, 6.45) is 5.03. The van der Waals surface area contributed by atoms with E-state index >= 15 is 0 Å². The number of aryl methyl sites for hydroxylation is 1. The highest BCUT2D eigenvalue weighted by Crippen LogP contribution is 2.42. The molecule has 8 rings (SSSR count). The molecule has 3 aliphatic heterocycles. The third kappa shape index (κ3) is 10.2. The molecule has 17 heteroatoms. The number of fused-ring (bicyclic) bond motifs is 6. The topological polar surface area (TPSA) is 218 Å². The molecule has 0 unspecified atom stereocenters. The van der Waals surface area contributed by atoms with Crippen LogP contribution in [0, 0.1) is 11.3 Å². The van der Waals surface area contributed by atoms with Gasteiger partial charge in [0.15, 0.2) is 0 Å². The van der Waals surface area contributed by atoms with Gasteiger partial charge < -0.3 is 39.4 Å². The zero-order valence-electron chi connectivity index (χ0n) is 41.1. The maximum atomic E-state index is 14.9. The molecule has 6 bridgehead atoms. The summed E-state index contributed by atoms with van der Waals surface area (Å²) in [5.74, 6) is -2.65. The third-order valence-electron chi connectivity index (χ3n) is 14.7. The smallest absolute Gasteiger partial charge is 0.324 e. The molecule has 0 spiro atoms. The van der Waals surface area contributed by atoms with E-state index in [0.29, 0.717) is 49.8 Å². The SMILES string of the molecule is CCn1c(-c2cccnc2[C@H](C)OC)c2c3cc(ccc31)-c1cc(O)cc(c1)C[C@H](NC(=O)[C@H](C1CCCC1)N(C)C(=O)[C@H](C)N(C)C(=O)[C@@H]1N[C@@H]1O)C(=O)N1CCC[C@H](N1)C(=O)OCC(C)(C)C2. The Morgan fingerprint density at radius 2 is 1.75 bits per heavy atom. The lowest BCUT2D eigenvalue weighted by molar-refractivity contribution is -0.155. The highest BCUT2D eigenvalue weighted by atomic mass is 16.5. The van der Waals surface area contributed by atoms with Crippen LogP contribution in [0.2, 0.25) is 0 Å². The van der Waals surface area contributed by atoms with Crippen molar-refractivity contribution in [2.75, 3.05) is 34.4 Å². The second-order valence-electron chi connectivity index (χ2n) is 20.2. The predicted molar refractivity (Wildman–Crippen MR) is 259 cm³/mol. The Morgan fingerprint density at radius 1 is 1.01 bits per heavy atom. The number of esters is 1. The maximum absolute atomic E-state index is 14.9. The molecule has 4 aromatic rings. The summed E-state index contributed by atoms with van der Waals surface area (Å²) in [4.78, 5) is 78.3. The number of ether oxygens (including phenoxy) is 2. The van der Waals surface area contributed by atoms with Crippen LogP contribution in [0.4, 0.5) is 0 Å². The summed E-state index contributed by atoms with van der Waals surface area (Å²) in [6, 6.07) is 10.7. The number of phenolic OH excluding ortho intramolecular Hbond substituents is 1. The van der Waals surface area contributed by atoms with Gasteiger partial charge in [-0.05, 0) is 117 Å². The van der Waals surface area contributed by atoms with Gasteiger partial charge in [-0.25, -0.2) is 5.43 Å². The first-order valence-corrected chi connectivity index (χ1v) is 24.4. The minimum atomic E-state index is -1.19. The summed E-state index contributed by atoms with van der Waals surface area (Å²) >= 11 is 0. The molecule has 4 amide bonds. The number of cyclic esters (lactones) is 1. The van der Waals surface area contributed by atoms with Gasteiger partial charge in [-0.15, -0.1) is 0 Å². The van der Waals surface area contributed by atoms with E-state index in [1.807, 2.05) is 25.1 Å². The van der Waals surface area contributed by atoms with E-state index < -0.39 is 71.5 Å². The minimum Gasteiger partial charge on any atom is -0.508 e. The lowest BCUT2D eigenvalue weighted by atomic mass is 9.84. The third-order valence-corrected chi connectivity index (χ3v) is 14.7. The van der Waals surface area contributed by atoms with Crippen molar-refractivity contribution in [3.05, 3.63) is 71.5 Å². The van der Waals surface area contributed by atoms with Gasteiger partial charge in [0.05, 0.1) is 24.1 Å². The van der Waals surface area contributed by atoms with Crippen molar-refractivity contribution in [1.82, 2.24) is 40.4 Å². The number of benzene rings is 2. The molecule has 2 aromatic heterocycles. The Balaban J connectivity index is 1.20. The molecule has 1 aliphatic carbocycles. The molecule has 5 N–H and O–H groups in total. The van der Waals surface area contributed by atoms with Crippen LogP contribution in [0.1, 0.15) is 96.1 Å². The quantitative estimate of drug-likeness (QED) is 0.103. The van der Waals surface area contributed by atoms with Crippen LogP contribution >= 0.6 is 0 Å². The van der Waals surface area contributed by atoms with Crippen molar-refractivity contribution in [2.45, 2.75) is 135 Å². The van der Waals surface area contributed by atoms with Crippen LogP contribution in [-0.4, -0.2) is 135 Å². The number of phenols is 1. The van der Waals surface area contributed by atoms with Crippen molar-refractivity contribution in [3.63, 3.8) is 0 Å².